The van der Waals surface area contributed by atoms with Crippen LogP contribution in [-0.4, -0.2) is 25.0 Å². The minimum atomic E-state index is -0.917. The third-order valence-corrected chi connectivity index (χ3v) is 4.50. The molecule has 26 heavy (non-hydrogen) atoms. The van der Waals surface area contributed by atoms with Gasteiger partial charge in [0.15, 0.2) is 18.2 Å². The van der Waals surface area contributed by atoms with Gasteiger partial charge in [-0.3, -0.25) is 10.1 Å². The number of carbonyl (C=O) groups is 2. The molecule has 1 aliphatic carbocycles. The van der Waals surface area contributed by atoms with E-state index < -0.39 is 23.6 Å². The molecule has 142 valence electrons. The van der Waals surface area contributed by atoms with E-state index >= 15 is 0 Å². The first-order chi connectivity index (χ1) is 12.5. The number of carbonyl (C=O) groups excluding carboxylic acids is 2. The number of hydrogen-bond donors (Lipinski definition) is 3. The molecule has 2 rings (SSSR count). The summed E-state index contributed by atoms with van der Waals surface area (Å²) < 4.78 is 26.2. The lowest BCUT2D eigenvalue weighted by atomic mass is 9.97. The molecule has 1 aromatic rings. The fraction of sp³-hybridized carbons (Fsp3) is 0.474. The van der Waals surface area contributed by atoms with Crippen molar-refractivity contribution < 1.29 is 23.7 Å². The summed E-state index contributed by atoms with van der Waals surface area (Å²) in [5.74, 6) is -2.26. The quantitative estimate of drug-likeness (QED) is 0.648. The number of urea groups is 1. The van der Waals surface area contributed by atoms with Crippen molar-refractivity contribution >= 4 is 11.9 Å². The average Bonchev–Trinajstić information content (AvgIpc) is 2.63. The zero-order valence-corrected chi connectivity index (χ0v) is 15.0. The SMILES string of the molecule is C[C@H]([NH2+]CC(=O)NC(=O)NCCC1=CCCCC1)c1ccc(F)c(F)c1. The van der Waals surface area contributed by atoms with Crippen molar-refractivity contribution in [1.29, 1.82) is 0 Å². The van der Waals surface area contributed by atoms with Crippen molar-refractivity contribution in [3.8, 4) is 0 Å². The van der Waals surface area contributed by atoms with Gasteiger partial charge in [0.1, 0.15) is 6.04 Å². The number of amides is 3. The van der Waals surface area contributed by atoms with Crippen LogP contribution in [0.5, 0.6) is 0 Å². The summed E-state index contributed by atoms with van der Waals surface area (Å²) in [7, 11) is 0. The molecule has 0 heterocycles. The Morgan fingerprint density at radius 3 is 2.73 bits per heavy atom. The first-order valence-corrected chi connectivity index (χ1v) is 8.99. The molecule has 0 saturated carbocycles. The van der Waals surface area contributed by atoms with Gasteiger partial charge in [-0.15, -0.1) is 0 Å². The zero-order valence-electron chi connectivity index (χ0n) is 15.0. The van der Waals surface area contributed by atoms with Gasteiger partial charge in [-0.1, -0.05) is 11.6 Å². The van der Waals surface area contributed by atoms with E-state index in [0.717, 1.165) is 31.4 Å². The maximum Gasteiger partial charge on any atom is 0.321 e. The van der Waals surface area contributed by atoms with Gasteiger partial charge in [0.05, 0.1) is 0 Å². The summed E-state index contributed by atoms with van der Waals surface area (Å²) in [4.78, 5) is 23.6. The normalized spacial score (nSPS) is 15.1. The highest BCUT2D eigenvalue weighted by atomic mass is 19.2. The van der Waals surface area contributed by atoms with Gasteiger partial charge in [0.25, 0.3) is 5.91 Å². The van der Waals surface area contributed by atoms with Crippen LogP contribution in [0.3, 0.4) is 0 Å². The summed E-state index contributed by atoms with van der Waals surface area (Å²) in [6.45, 7) is 2.29. The van der Waals surface area contributed by atoms with Crippen molar-refractivity contribution in [2.75, 3.05) is 13.1 Å². The van der Waals surface area contributed by atoms with Crippen LogP contribution in [0.2, 0.25) is 0 Å². The first-order valence-electron chi connectivity index (χ1n) is 8.99. The Labute approximate surface area is 152 Å². The summed E-state index contributed by atoms with van der Waals surface area (Å²) in [6.07, 6.45) is 7.64. The zero-order chi connectivity index (χ0) is 18.9. The van der Waals surface area contributed by atoms with Crippen molar-refractivity contribution in [1.82, 2.24) is 10.6 Å². The fourth-order valence-corrected chi connectivity index (χ4v) is 2.91. The van der Waals surface area contributed by atoms with Crippen LogP contribution in [-0.2, 0) is 4.79 Å². The van der Waals surface area contributed by atoms with Crippen LogP contribution in [0, 0.1) is 11.6 Å². The Morgan fingerprint density at radius 2 is 2.04 bits per heavy atom. The lowest BCUT2D eigenvalue weighted by molar-refractivity contribution is -0.682. The molecular formula is C19H26F2N3O2+. The van der Waals surface area contributed by atoms with E-state index in [1.807, 2.05) is 0 Å². The molecule has 7 heteroatoms. The van der Waals surface area contributed by atoms with Crippen molar-refractivity contribution in [3.05, 3.63) is 47.0 Å². The maximum atomic E-state index is 13.2. The van der Waals surface area contributed by atoms with Crippen molar-refractivity contribution in [2.24, 2.45) is 0 Å². The number of nitrogens with one attached hydrogen (secondary N) is 2. The Morgan fingerprint density at radius 1 is 1.23 bits per heavy atom. The molecule has 1 aromatic carbocycles. The smallest absolute Gasteiger partial charge is 0.321 e. The minimum Gasteiger partial charge on any atom is -0.337 e. The van der Waals surface area contributed by atoms with Crippen LogP contribution >= 0.6 is 0 Å². The molecule has 0 saturated heterocycles. The number of rotatable bonds is 7. The van der Waals surface area contributed by atoms with E-state index in [-0.39, 0.29) is 12.6 Å². The number of quaternary nitrogens is 1. The third kappa shape index (κ3) is 6.55. The summed E-state index contributed by atoms with van der Waals surface area (Å²) >= 11 is 0. The van der Waals surface area contributed by atoms with Gasteiger partial charge < -0.3 is 10.6 Å². The molecule has 0 aliphatic heterocycles. The number of benzene rings is 1. The van der Waals surface area contributed by atoms with Crippen molar-refractivity contribution in [2.45, 2.75) is 45.1 Å². The second-order valence-corrected chi connectivity index (χ2v) is 6.56. The Hall–Kier alpha value is -2.28. The monoisotopic (exact) mass is 366 g/mol. The van der Waals surface area contributed by atoms with Crippen LogP contribution in [0.4, 0.5) is 13.6 Å². The molecule has 0 spiro atoms. The van der Waals surface area contributed by atoms with E-state index in [0.29, 0.717) is 12.1 Å². The van der Waals surface area contributed by atoms with Gasteiger partial charge in [-0.25, -0.2) is 13.6 Å². The van der Waals surface area contributed by atoms with Gasteiger partial charge in [-0.05, 0) is 57.2 Å². The average molecular weight is 366 g/mol. The summed E-state index contributed by atoms with van der Waals surface area (Å²) in [5, 5.41) is 6.60. The van der Waals surface area contributed by atoms with E-state index in [1.165, 1.54) is 24.5 Å². The predicted octanol–water partition coefficient (Wildman–Crippen LogP) is 2.31. The molecule has 0 fully saturated rings. The topological polar surface area (TPSA) is 74.8 Å². The molecule has 0 bridgehead atoms. The highest BCUT2D eigenvalue weighted by Crippen LogP contribution is 2.19. The molecular weight excluding hydrogens is 340 g/mol. The van der Waals surface area contributed by atoms with Crippen LogP contribution in [0.15, 0.2) is 29.8 Å². The van der Waals surface area contributed by atoms with Gasteiger partial charge in [0, 0.05) is 12.1 Å². The number of imide groups is 1. The van der Waals surface area contributed by atoms with E-state index in [9.17, 15) is 18.4 Å². The highest BCUT2D eigenvalue weighted by molar-refractivity contribution is 5.94. The number of hydrogen-bond acceptors (Lipinski definition) is 2. The summed E-state index contributed by atoms with van der Waals surface area (Å²) in [6, 6.07) is 2.90. The van der Waals surface area contributed by atoms with Crippen molar-refractivity contribution in [3.63, 3.8) is 0 Å². The predicted molar refractivity (Wildman–Crippen MR) is 94.3 cm³/mol. The molecule has 0 unspecified atom stereocenters. The second kappa shape index (κ2) is 10.0. The Bertz CT molecular complexity index is 677. The number of halogens is 2. The molecule has 1 aliphatic rings. The molecule has 4 N–H and O–H groups in total. The van der Waals surface area contributed by atoms with Gasteiger partial charge in [0.2, 0.25) is 0 Å². The largest absolute Gasteiger partial charge is 0.337 e. The molecule has 3 amide bonds. The molecule has 5 nitrogen and oxygen atoms in total. The van der Waals surface area contributed by atoms with Crippen LogP contribution in [0.1, 0.15) is 50.6 Å². The molecule has 0 aromatic heterocycles. The first kappa shape index (κ1) is 20.0. The summed E-state index contributed by atoms with van der Waals surface area (Å²) in [5.41, 5.74) is 1.93. The minimum absolute atomic E-state index is 0.0126. The van der Waals surface area contributed by atoms with Crippen LogP contribution < -0.4 is 16.0 Å². The van der Waals surface area contributed by atoms with Gasteiger partial charge in [-0.2, -0.15) is 0 Å². The number of nitrogens with two attached hydrogens (primary N) is 1. The van der Waals surface area contributed by atoms with Crippen LogP contribution in [0.25, 0.3) is 0 Å². The van der Waals surface area contributed by atoms with Gasteiger partial charge >= 0.3 is 6.03 Å². The standard InChI is InChI=1S/C19H25F2N3O2/c1-13(15-7-8-16(20)17(21)11-15)23-12-18(25)24-19(26)22-10-9-14-5-3-2-4-6-14/h5,7-8,11,13,23H,2-4,6,9-10,12H2,1H3,(H2,22,24,25,26)/p+1/t13-/m0/s1. The Balaban J connectivity index is 1.66. The highest BCUT2D eigenvalue weighted by Gasteiger charge is 2.15. The van der Waals surface area contributed by atoms with E-state index in [4.69, 9.17) is 0 Å². The van der Waals surface area contributed by atoms with E-state index in [1.54, 1.807) is 12.2 Å². The number of allylic oxidation sites excluding steroid dienone is 1. The lowest BCUT2D eigenvalue weighted by Gasteiger charge is -2.13. The maximum absolute atomic E-state index is 13.2. The Kier molecular flexibility index (Phi) is 7.72. The molecule has 0 radical (unpaired) electrons. The second-order valence-electron chi connectivity index (χ2n) is 6.56. The fourth-order valence-electron chi connectivity index (χ4n) is 2.91. The van der Waals surface area contributed by atoms with E-state index in [2.05, 4.69) is 16.7 Å². The lowest BCUT2D eigenvalue weighted by Crippen LogP contribution is -2.87. The molecule has 1 atom stereocenters. The third-order valence-electron chi connectivity index (χ3n) is 4.50.